The zero-order chi connectivity index (χ0) is 14.1. The zero-order valence-electron chi connectivity index (χ0n) is 11.9. The van der Waals surface area contributed by atoms with Gasteiger partial charge in [-0.3, -0.25) is 9.69 Å². The monoisotopic (exact) mass is 292 g/mol. The smallest absolute Gasteiger partial charge is 0.254 e. The highest BCUT2D eigenvalue weighted by molar-refractivity contribution is 6.30. The molecular formula is C16H21ClN2O. The van der Waals surface area contributed by atoms with Crippen LogP contribution in [0.5, 0.6) is 0 Å². The van der Waals surface area contributed by atoms with Crippen LogP contribution in [-0.2, 0) is 0 Å². The van der Waals surface area contributed by atoms with E-state index in [1.807, 2.05) is 17.0 Å². The van der Waals surface area contributed by atoms with Crippen LogP contribution in [0.25, 0.3) is 0 Å². The third-order valence-corrected chi connectivity index (χ3v) is 4.79. The molecule has 20 heavy (non-hydrogen) atoms. The predicted molar refractivity (Wildman–Crippen MR) is 81.2 cm³/mol. The molecule has 1 amide bonds. The first-order valence-electron chi connectivity index (χ1n) is 7.46. The van der Waals surface area contributed by atoms with Crippen LogP contribution < -0.4 is 0 Å². The Morgan fingerprint density at radius 3 is 2.70 bits per heavy atom. The molecule has 0 spiro atoms. The van der Waals surface area contributed by atoms with E-state index in [2.05, 4.69) is 11.8 Å². The molecule has 1 aromatic carbocycles. The number of hydrogen-bond acceptors (Lipinski definition) is 2. The quantitative estimate of drug-likeness (QED) is 0.794. The number of piperidine rings is 1. The molecule has 1 aromatic rings. The minimum atomic E-state index is 0.138. The van der Waals surface area contributed by atoms with Gasteiger partial charge in [-0.2, -0.15) is 0 Å². The van der Waals surface area contributed by atoms with Gasteiger partial charge in [0.2, 0.25) is 0 Å². The maximum Gasteiger partial charge on any atom is 0.254 e. The molecular weight excluding hydrogens is 272 g/mol. The summed E-state index contributed by atoms with van der Waals surface area (Å²) >= 11 is 5.89. The molecule has 3 rings (SSSR count). The number of benzene rings is 1. The summed E-state index contributed by atoms with van der Waals surface area (Å²) in [5, 5.41) is 0.673. The molecule has 0 saturated carbocycles. The average molecular weight is 293 g/mol. The first kappa shape index (κ1) is 13.9. The highest BCUT2D eigenvalue weighted by Gasteiger charge is 2.35. The van der Waals surface area contributed by atoms with Crippen molar-refractivity contribution in [1.82, 2.24) is 9.80 Å². The molecule has 2 aliphatic rings. The Morgan fingerprint density at radius 1 is 1.20 bits per heavy atom. The van der Waals surface area contributed by atoms with Crippen molar-refractivity contribution in [3.63, 3.8) is 0 Å². The summed E-state index contributed by atoms with van der Waals surface area (Å²) in [6.07, 6.45) is 3.81. The molecule has 108 valence electrons. The van der Waals surface area contributed by atoms with Gasteiger partial charge in [-0.05, 0) is 50.6 Å². The van der Waals surface area contributed by atoms with Crippen LogP contribution in [0.2, 0.25) is 5.02 Å². The van der Waals surface area contributed by atoms with E-state index in [-0.39, 0.29) is 11.9 Å². The molecule has 0 radical (unpaired) electrons. The molecule has 0 N–H and O–H groups in total. The highest BCUT2D eigenvalue weighted by atomic mass is 35.5. The number of piperazine rings is 1. The second kappa shape index (κ2) is 5.74. The van der Waals surface area contributed by atoms with E-state index in [0.29, 0.717) is 11.1 Å². The summed E-state index contributed by atoms with van der Waals surface area (Å²) < 4.78 is 0. The molecule has 4 heteroatoms. The summed E-state index contributed by atoms with van der Waals surface area (Å²) in [6, 6.07) is 8.06. The van der Waals surface area contributed by atoms with Crippen LogP contribution >= 0.6 is 11.6 Å². The van der Waals surface area contributed by atoms with Gasteiger partial charge < -0.3 is 4.90 Å². The van der Waals surface area contributed by atoms with E-state index in [1.165, 1.54) is 25.8 Å². The van der Waals surface area contributed by atoms with Crippen LogP contribution in [0, 0.1) is 0 Å². The minimum Gasteiger partial charge on any atom is -0.333 e. The van der Waals surface area contributed by atoms with Gasteiger partial charge >= 0.3 is 0 Å². The Kier molecular flexibility index (Phi) is 3.99. The number of carbonyl (C=O) groups is 1. The van der Waals surface area contributed by atoms with Gasteiger partial charge in [-0.1, -0.05) is 18.0 Å². The Bertz CT molecular complexity index is 488. The fourth-order valence-corrected chi connectivity index (χ4v) is 3.52. The normalized spacial score (nSPS) is 27.2. The Hall–Kier alpha value is -1.06. The average Bonchev–Trinajstić information content (AvgIpc) is 2.46. The lowest BCUT2D eigenvalue weighted by Gasteiger charge is -2.47. The number of nitrogens with zero attached hydrogens (tertiary/aromatic N) is 2. The van der Waals surface area contributed by atoms with Gasteiger partial charge in [0.1, 0.15) is 0 Å². The Labute approximate surface area is 125 Å². The van der Waals surface area contributed by atoms with E-state index in [9.17, 15) is 4.79 Å². The van der Waals surface area contributed by atoms with E-state index < -0.39 is 0 Å². The van der Waals surface area contributed by atoms with Crippen molar-refractivity contribution < 1.29 is 4.79 Å². The van der Waals surface area contributed by atoms with Crippen LogP contribution in [0.4, 0.5) is 0 Å². The van der Waals surface area contributed by atoms with Crippen molar-refractivity contribution in [3.05, 3.63) is 34.9 Å². The highest BCUT2D eigenvalue weighted by Crippen LogP contribution is 2.25. The molecule has 2 saturated heterocycles. The molecule has 0 aliphatic carbocycles. The Morgan fingerprint density at radius 2 is 1.95 bits per heavy atom. The lowest BCUT2D eigenvalue weighted by molar-refractivity contribution is 0.0152. The summed E-state index contributed by atoms with van der Waals surface area (Å²) in [4.78, 5) is 17.3. The van der Waals surface area contributed by atoms with Crippen molar-refractivity contribution in [2.75, 3.05) is 19.6 Å². The molecule has 2 atom stereocenters. The maximum absolute atomic E-state index is 12.7. The second-order valence-electron chi connectivity index (χ2n) is 5.96. The lowest BCUT2D eigenvalue weighted by atomic mass is 9.96. The number of rotatable bonds is 1. The van der Waals surface area contributed by atoms with Crippen LogP contribution in [0.1, 0.15) is 36.5 Å². The fourth-order valence-electron chi connectivity index (χ4n) is 3.39. The second-order valence-corrected chi connectivity index (χ2v) is 6.39. The van der Waals surface area contributed by atoms with Gasteiger partial charge in [0.25, 0.3) is 5.91 Å². The fraction of sp³-hybridized carbons (Fsp3) is 0.562. The van der Waals surface area contributed by atoms with Gasteiger partial charge in [-0.25, -0.2) is 0 Å². The minimum absolute atomic E-state index is 0.138. The predicted octanol–water partition coefficient (Wildman–Crippen LogP) is 3.04. The first-order valence-corrected chi connectivity index (χ1v) is 7.83. The summed E-state index contributed by atoms with van der Waals surface area (Å²) in [5.74, 6) is 0.138. The summed E-state index contributed by atoms with van der Waals surface area (Å²) in [7, 11) is 0. The van der Waals surface area contributed by atoms with E-state index in [1.54, 1.807) is 12.1 Å². The van der Waals surface area contributed by atoms with Crippen LogP contribution in [0.3, 0.4) is 0 Å². The van der Waals surface area contributed by atoms with Crippen molar-refractivity contribution in [2.45, 2.75) is 38.3 Å². The van der Waals surface area contributed by atoms with Crippen LogP contribution in [0.15, 0.2) is 24.3 Å². The van der Waals surface area contributed by atoms with Crippen molar-refractivity contribution in [2.24, 2.45) is 0 Å². The summed E-state index contributed by atoms with van der Waals surface area (Å²) in [6.45, 7) is 5.21. The van der Waals surface area contributed by atoms with Gasteiger partial charge in [0.05, 0.1) is 0 Å². The van der Waals surface area contributed by atoms with Gasteiger partial charge in [0.15, 0.2) is 0 Å². The molecule has 2 heterocycles. The van der Waals surface area contributed by atoms with Crippen molar-refractivity contribution in [1.29, 1.82) is 0 Å². The molecule has 0 unspecified atom stereocenters. The van der Waals surface area contributed by atoms with Crippen LogP contribution in [-0.4, -0.2) is 47.4 Å². The molecule has 3 nitrogen and oxygen atoms in total. The number of fused-ring (bicyclic) bond motifs is 1. The summed E-state index contributed by atoms with van der Waals surface area (Å²) in [5.41, 5.74) is 0.741. The number of hydrogen-bond donors (Lipinski definition) is 0. The number of carbonyl (C=O) groups excluding carboxylic acids is 1. The maximum atomic E-state index is 12.7. The standard InChI is InChI=1S/C16H21ClN2O/c1-12-10-18-9-3-2-4-15(18)11-19(12)16(20)13-5-7-14(17)8-6-13/h5-8,12,15H,2-4,9-11H2,1H3/t12-,15+/m0/s1. The number of amides is 1. The third-order valence-electron chi connectivity index (χ3n) is 4.54. The molecule has 2 aliphatic heterocycles. The van der Waals surface area contributed by atoms with E-state index in [0.717, 1.165) is 18.7 Å². The van der Waals surface area contributed by atoms with E-state index >= 15 is 0 Å². The molecule has 0 bridgehead atoms. The topological polar surface area (TPSA) is 23.6 Å². The van der Waals surface area contributed by atoms with Crippen molar-refractivity contribution in [3.8, 4) is 0 Å². The van der Waals surface area contributed by atoms with Gasteiger partial charge in [-0.15, -0.1) is 0 Å². The first-order chi connectivity index (χ1) is 9.65. The molecule has 2 fully saturated rings. The Balaban J connectivity index is 1.75. The largest absolute Gasteiger partial charge is 0.333 e. The molecule has 0 aromatic heterocycles. The zero-order valence-corrected chi connectivity index (χ0v) is 12.6. The third kappa shape index (κ3) is 2.70. The number of halogens is 1. The lowest BCUT2D eigenvalue weighted by Crippen LogP contribution is -2.60. The van der Waals surface area contributed by atoms with Crippen molar-refractivity contribution >= 4 is 17.5 Å². The van der Waals surface area contributed by atoms with E-state index in [4.69, 9.17) is 11.6 Å². The van der Waals surface area contributed by atoms with Gasteiger partial charge in [0, 0.05) is 35.8 Å². The SMILES string of the molecule is C[C@H]1CN2CCCC[C@@H]2CN1C(=O)c1ccc(Cl)cc1.